The van der Waals surface area contributed by atoms with E-state index in [4.69, 9.17) is 9.47 Å². The van der Waals surface area contributed by atoms with Crippen LogP contribution < -0.4 is 10.6 Å². The highest BCUT2D eigenvalue weighted by Crippen LogP contribution is 2.11. The highest BCUT2D eigenvalue weighted by atomic mass is 16.6. The summed E-state index contributed by atoms with van der Waals surface area (Å²) in [6, 6.07) is 0.00234. The SMILES string of the molecule is CC(C)COC(=O)NC1CCN(C(=O)CNC(=O)OC(C)(C)C)CC1. The van der Waals surface area contributed by atoms with Crippen molar-refractivity contribution in [3.8, 4) is 0 Å². The van der Waals surface area contributed by atoms with Gasteiger partial charge in [-0.15, -0.1) is 0 Å². The van der Waals surface area contributed by atoms with Crippen LogP contribution in [0.1, 0.15) is 47.5 Å². The van der Waals surface area contributed by atoms with E-state index in [1.165, 1.54) is 0 Å². The van der Waals surface area contributed by atoms with Crippen LogP contribution in [0.15, 0.2) is 0 Å². The van der Waals surface area contributed by atoms with E-state index in [0.717, 1.165) is 0 Å². The number of alkyl carbamates (subject to hydrolysis) is 2. The molecule has 0 atom stereocenters. The number of ether oxygens (including phenoxy) is 2. The van der Waals surface area contributed by atoms with Crippen molar-refractivity contribution in [2.24, 2.45) is 5.92 Å². The third kappa shape index (κ3) is 9.16. The summed E-state index contributed by atoms with van der Waals surface area (Å²) < 4.78 is 10.2. The Morgan fingerprint density at radius 2 is 1.72 bits per heavy atom. The van der Waals surface area contributed by atoms with Crippen LogP contribution in [-0.4, -0.2) is 60.9 Å². The quantitative estimate of drug-likeness (QED) is 0.783. The number of amides is 3. The number of carbonyl (C=O) groups excluding carboxylic acids is 3. The van der Waals surface area contributed by atoms with E-state index >= 15 is 0 Å². The summed E-state index contributed by atoms with van der Waals surface area (Å²) >= 11 is 0. The van der Waals surface area contributed by atoms with Gasteiger partial charge in [0.15, 0.2) is 0 Å². The highest BCUT2D eigenvalue weighted by Gasteiger charge is 2.25. The fourth-order valence-electron chi connectivity index (χ4n) is 2.30. The molecule has 0 aliphatic carbocycles. The molecule has 1 heterocycles. The first kappa shape index (κ1) is 21.1. The van der Waals surface area contributed by atoms with Crippen molar-refractivity contribution in [1.82, 2.24) is 15.5 Å². The van der Waals surface area contributed by atoms with Gasteiger partial charge in [-0.05, 0) is 39.5 Å². The minimum atomic E-state index is -0.606. The number of nitrogens with one attached hydrogen (secondary N) is 2. The van der Waals surface area contributed by atoms with Crippen LogP contribution in [0.4, 0.5) is 9.59 Å². The molecule has 0 bridgehead atoms. The van der Waals surface area contributed by atoms with Gasteiger partial charge < -0.3 is 25.0 Å². The first-order valence-electron chi connectivity index (χ1n) is 8.74. The Morgan fingerprint density at radius 3 is 2.24 bits per heavy atom. The number of carbonyl (C=O) groups is 3. The van der Waals surface area contributed by atoms with Gasteiger partial charge in [-0.2, -0.15) is 0 Å². The molecule has 0 spiro atoms. The maximum atomic E-state index is 12.1. The highest BCUT2D eigenvalue weighted by molar-refractivity contribution is 5.82. The fraction of sp³-hybridized carbons (Fsp3) is 0.824. The third-order valence-electron chi connectivity index (χ3n) is 3.50. The molecule has 1 rings (SSSR count). The van der Waals surface area contributed by atoms with E-state index < -0.39 is 17.8 Å². The molecule has 0 aromatic rings. The summed E-state index contributed by atoms with van der Waals surface area (Å²) in [5.74, 6) is 0.134. The van der Waals surface area contributed by atoms with E-state index in [1.807, 2.05) is 13.8 Å². The van der Waals surface area contributed by atoms with Gasteiger partial charge in [0.1, 0.15) is 12.1 Å². The minimum absolute atomic E-state index is 0.00234. The number of rotatable bonds is 5. The molecule has 1 aliphatic rings. The second kappa shape index (κ2) is 9.48. The van der Waals surface area contributed by atoms with Crippen LogP contribution in [-0.2, 0) is 14.3 Å². The first-order valence-corrected chi connectivity index (χ1v) is 8.74. The van der Waals surface area contributed by atoms with Crippen LogP contribution >= 0.6 is 0 Å². The normalized spacial score (nSPS) is 15.7. The Balaban J connectivity index is 2.25. The molecule has 0 aromatic carbocycles. The van der Waals surface area contributed by atoms with E-state index in [9.17, 15) is 14.4 Å². The Kier molecular flexibility index (Phi) is 7.99. The molecule has 8 heteroatoms. The van der Waals surface area contributed by atoms with E-state index in [0.29, 0.717) is 38.5 Å². The predicted octanol–water partition coefficient (Wildman–Crippen LogP) is 1.88. The van der Waals surface area contributed by atoms with Gasteiger partial charge >= 0.3 is 12.2 Å². The molecule has 8 nitrogen and oxygen atoms in total. The lowest BCUT2D eigenvalue weighted by atomic mass is 10.1. The molecule has 1 saturated heterocycles. The van der Waals surface area contributed by atoms with Crippen molar-refractivity contribution in [1.29, 1.82) is 0 Å². The molecule has 144 valence electrons. The average Bonchev–Trinajstić information content (AvgIpc) is 2.49. The zero-order chi connectivity index (χ0) is 19.0. The van der Waals surface area contributed by atoms with Gasteiger partial charge in [-0.25, -0.2) is 9.59 Å². The molecule has 1 fully saturated rings. The summed E-state index contributed by atoms with van der Waals surface area (Å²) in [6.07, 6.45) is 0.305. The summed E-state index contributed by atoms with van der Waals surface area (Å²) in [4.78, 5) is 37.0. The maximum absolute atomic E-state index is 12.1. The summed E-state index contributed by atoms with van der Waals surface area (Å²) in [7, 11) is 0. The summed E-state index contributed by atoms with van der Waals surface area (Å²) in [5.41, 5.74) is -0.596. The number of hydrogen-bond acceptors (Lipinski definition) is 5. The van der Waals surface area contributed by atoms with E-state index in [2.05, 4.69) is 10.6 Å². The van der Waals surface area contributed by atoms with Crippen molar-refractivity contribution < 1.29 is 23.9 Å². The van der Waals surface area contributed by atoms with Gasteiger partial charge in [0.05, 0.1) is 6.61 Å². The monoisotopic (exact) mass is 357 g/mol. The number of hydrogen-bond donors (Lipinski definition) is 2. The second-order valence-electron chi connectivity index (χ2n) is 7.65. The van der Waals surface area contributed by atoms with Gasteiger partial charge in [0.2, 0.25) is 5.91 Å². The van der Waals surface area contributed by atoms with Crippen LogP contribution in [0.5, 0.6) is 0 Å². The third-order valence-corrected chi connectivity index (χ3v) is 3.50. The van der Waals surface area contributed by atoms with Crippen molar-refractivity contribution in [3.63, 3.8) is 0 Å². The maximum Gasteiger partial charge on any atom is 0.408 e. The zero-order valence-corrected chi connectivity index (χ0v) is 15.9. The van der Waals surface area contributed by atoms with Crippen LogP contribution in [0.2, 0.25) is 0 Å². The van der Waals surface area contributed by atoms with Crippen LogP contribution in [0.25, 0.3) is 0 Å². The zero-order valence-electron chi connectivity index (χ0n) is 15.9. The van der Waals surface area contributed by atoms with Crippen molar-refractivity contribution in [2.75, 3.05) is 26.2 Å². The molecule has 2 N–H and O–H groups in total. The molecule has 1 aliphatic heterocycles. The minimum Gasteiger partial charge on any atom is -0.449 e. The number of nitrogens with zero attached hydrogens (tertiary/aromatic N) is 1. The van der Waals surface area contributed by atoms with Crippen molar-refractivity contribution in [2.45, 2.75) is 59.1 Å². The van der Waals surface area contributed by atoms with Crippen LogP contribution in [0, 0.1) is 5.92 Å². The Bertz CT molecular complexity index is 465. The van der Waals surface area contributed by atoms with Gasteiger partial charge in [-0.3, -0.25) is 4.79 Å². The molecule has 0 aromatic heterocycles. The van der Waals surface area contributed by atoms with Crippen molar-refractivity contribution >= 4 is 18.1 Å². The van der Waals surface area contributed by atoms with Gasteiger partial charge in [-0.1, -0.05) is 13.8 Å². The largest absolute Gasteiger partial charge is 0.449 e. The molecule has 25 heavy (non-hydrogen) atoms. The topological polar surface area (TPSA) is 97.0 Å². The Labute approximate surface area is 149 Å². The smallest absolute Gasteiger partial charge is 0.408 e. The number of piperidine rings is 1. The van der Waals surface area contributed by atoms with Crippen LogP contribution in [0.3, 0.4) is 0 Å². The second-order valence-corrected chi connectivity index (χ2v) is 7.65. The van der Waals surface area contributed by atoms with E-state index in [1.54, 1.807) is 25.7 Å². The van der Waals surface area contributed by atoms with Gasteiger partial charge in [0, 0.05) is 19.1 Å². The van der Waals surface area contributed by atoms with Gasteiger partial charge in [0.25, 0.3) is 0 Å². The molecule has 0 saturated carbocycles. The average molecular weight is 357 g/mol. The Hall–Kier alpha value is -1.99. The standard InChI is InChI=1S/C17H31N3O5/c1-12(2)11-24-16(23)19-13-6-8-20(9-7-13)14(21)10-18-15(22)25-17(3,4)5/h12-13H,6-11H2,1-5H3,(H,18,22)(H,19,23). The van der Waals surface area contributed by atoms with E-state index in [-0.39, 0.29) is 18.5 Å². The molecule has 0 unspecified atom stereocenters. The first-order chi connectivity index (χ1) is 11.6. The predicted molar refractivity (Wildman–Crippen MR) is 93.2 cm³/mol. The molecule has 0 radical (unpaired) electrons. The summed E-state index contributed by atoms with van der Waals surface area (Å²) in [5, 5.41) is 5.29. The van der Waals surface area contributed by atoms with Crippen molar-refractivity contribution in [3.05, 3.63) is 0 Å². The summed E-state index contributed by atoms with van der Waals surface area (Å²) in [6.45, 7) is 10.6. The molecule has 3 amide bonds. The molecular formula is C17H31N3O5. The molecular weight excluding hydrogens is 326 g/mol. The lowest BCUT2D eigenvalue weighted by Gasteiger charge is -2.32. The fourth-order valence-corrected chi connectivity index (χ4v) is 2.30. The number of likely N-dealkylation sites (tertiary alicyclic amines) is 1. The lowest BCUT2D eigenvalue weighted by Crippen LogP contribution is -2.49. The lowest BCUT2D eigenvalue weighted by molar-refractivity contribution is -0.131. The Morgan fingerprint density at radius 1 is 1.12 bits per heavy atom.